The van der Waals surface area contributed by atoms with E-state index in [2.05, 4.69) is 33.4 Å². The number of para-hydroxylation sites is 3. The molecule has 6 heteroatoms. The van der Waals surface area contributed by atoms with E-state index in [9.17, 15) is 4.79 Å². The summed E-state index contributed by atoms with van der Waals surface area (Å²) in [5.41, 5.74) is 2.19. The molecule has 5 nitrogen and oxygen atoms in total. The van der Waals surface area contributed by atoms with Gasteiger partial charge in [-0.25, -0.2) is 0 Å². The van der Waals surface area contributed by atoms with E-state index in [1.807, 2.05) is 72.8 Å². The molecule has 35 heavy (non-hydrogen) atoms. The van der Waals surface area contributed by atoms with Gasteiger partial charge in [-0.1, -0.05) is 76.6 Å². The fraction of sp³-hybridized carbons (Fsp3) is 0.138. The van der Waals surface area contributed by atoms with Crippen molar-refractivity contribution < 1.29 is 19.0 Å². The van der Waals surface area contributed by atoms with Crippen LogP contribution in [0.25, 0.3) is 0 Å². The van der Waals surface area contributed by atoms with Crippen molar-refractivity contribution in [2.24, 2.45) is 0 Å². The van der Waals surface area contributed by atoms with Crippen molar-refractivity contribution in [2.45, 2.75) is 6.42 Å². The minimum atomic E-state index is -0.280. The summed E-state index contributed by atoms with van der Waals surface area (Å²) in [6, 6.07) is 32.4. The number of ether oxygens (including phenoxy) is 3. The van der Waals surface area contributed by atoms with E-state index in [1.54, 1.807) is 18.2 Å². The molecule has 4 aromatic carbocycles. The molecular weight excluding hydrogens is 506 g/mol. The normalized spacial score (nSPS) is 10.4. The fourth-order valence-electron chi connectivity index (χ4n) is 3.44. The van der Waals surface area contributed by atoms with Crippen LogP contribution in [0.2, 0.25) is 0 Å². The van der Waals surface area contributed by atoms with Crippen LogP contribution in [0.15, 0.2) is 108 Å². The van der Waals surface area contributed by atoms with Crippen LogP contribution in [-0.2, 0) is 6.42 Å². The molecule has 0 saturated heterocycles. The summed E-state index contributed by atoms with van der Waals surface area (Å²) in [4.78, 5) is 13.2. The van der Waals surface area contributed by atoms with Gasteiger partial charge in [0.2, 0.25) is 0 Å². The molecule has 0 aromatic heterocycles. The number of benzene rings is 4. The number of rotatable bonds is 11. The van der Waals surface area contributed by atoms with Crippen LogP contribution >= 0.6 is 15.9 Å². The zero-order valence-electron chi connectivity index (χ0n) is 19.2. The summed E-state index contributed by atoms with van der Waals surface area (Å²) in [6.45, 7) is 1.19. The van der Waals surface area contributed by atoms with Crippen LogP contribution in [-0.4, -0.2) is 25.7 Å². The highest BCUT2D eigenvalue weighted by molar-refractivity contribution is 9.10. The molecular formula is C29H26BrNO4. The molecule has 4 rings (SSSR count). The number of halogens is 1. The number of carbonyl (C=O) groups excluding carboxylic acids is 1. The topological polar surface area (TPSA) is 56.8 Å². The first-order chi connectivity index (χ1) is 17.2. The first-order valence-corrected chi connectivity index (χ1v) is 12.2. The largest absolute Gasteiger partial charge is 0.492 e. The first-order valence-electron chi connectivity index (χ1n) is 11.4. The Morgan fingerprint density at radius 3 is 2.14 bits per heavy atom. The maximum atomic E-state index is 13.2. The van der Waals surface area contributed by atoms with Crippen LogP contribution in [0, 0.1) is 0 Å². The smallest absolute Gasteiger partial charge is 0.259 e. The Hall–Kier alpha value is -3.77. The Bertz CT molecular complexity index is 1230. The fourth-order valence-corrected chi connectivity index (χ4v) is 3.80. The minimum absolute atomic E-state index is 0.280. The molecule has 4 aromatic rings. The van der Waals surface area contributed by atoms with Gasteiger partial charge in [0.1, 0.15) is 30.5 Å². The SMILES string of the molecule is O=C(Nc1ccccc1OCCOc1ccccc1)c1cc(Br)ccc1OCCc1ccccc1. The maximum Gasteiger partial charge on any atom is 0.259 e. The van der Waals surface area contributed by atoms with Crippen molar-refractivity contribution in [1.29, 1.82) is 0 Å². The highest BCUT2D eigenvalue weighted by atomic mass is 79.9. The van der Waals surface area contributed by atoms with Crippen molar-refractivity contribution in [3.05, 3.63) is 119 Å². The van der Waals surface area contributed by atoms with E-state index in [0.717, 1.165) is 16.6 Å². The lowest BCUT2D eigenvalue weighted by molar-refractivity contribution is 0.102. The van der Waals surface area contributed by atoms with Crippen molar-refractivity contribution in [1.82, 2.24) is 0 Å². The molecule has 1 N–H and O–H groups in total. The Morgan fingerprint density at radius 1 is 0.686 bits per heavy atom. The summed E-state index contributed by atoms with van der Waals surface area (Å²) < 4.78 is 18.3. The second-order valence-electron chi connectivity index (χ2n) is 7.68. The van der Waals surface area contributed by atoms with Gasteiger partial charge in [0.25, 0.3) is 5.91 Å². The molecule has 0 bridgehead atoms. The third-order valence-electron chi connectivity index (χ3n) is 5.17. The van der Waals surface area contributed by atoms with E-state index in [4.69, 9.17) is 14.2 Å². The third kappa shape index (κ3) is 7.36. The van der Waals surface area contributed by atoms with Crippen molar-refractivity contribution in [3.8, 4) is 17.2 Å². The highest BCUT2D eigenvalue weighted by Gasteiger charge is 2.16. The number of anilines is 1. The molecule has 0 fully saturated rings. The van der Waals surface area contributed by atoms with Gasteiger partial charge in [-0.3, -0.25) is 4.79 Å². The molecule has 0 spiro atoms. The summed E-state index contributed by atoms with van der Waals surface area (Å²) in [6.07, 6.45) is 0.750. The molecule has 0 atom stereocenters. The predicted molar refractivity (Wildman–Crippen MR) is 142 cm³/mol. The van der Waals surface area contributed by atoms with Crippen LogP contribution in [0.1, 0.15) is 15.9 Å². The Balaban J connectivity index is 1.38. The number of carbonyl (C=O) groups is 1. The zero-order chi connectivity index (χ0) is 24.3. The zero-order valence-corrected chi connectivity index (χ0v) is 20.7. The van der Waals surface area contributed by atoms with Gasteiger partial charge in [0.05, 0.1) is 17.9 Å². The summed E-state index contributed by atoms with van der Waals surface area (Å²) in [7, 11) is 0. The summed E-state index contributed by atoms with van der Waals surface area (Å²) in [5, 5.41) is 2.96. The Morgan fingerprint density at radius 2 is 1.34 bits per heavy atom. The monoisotopic (exact) mass is 531 g/mol. The molecule has 0 saturated carbocycles. The average Bonchev–Trinajstić information content (AvgIpc) is 2.89. The number of amides is 1. The lowest BCUT2D eigenvalue weighted by Crippen LogP contribution is -2.16. The summed E-state index contributed by atoms with van der Waals surface area (Å²) >= 11 is 3.46. The molecule has 0 aliphatic carbocycles. The average molecular weight is 532 g/mol. The van der Waals surface area contributed by atoms with E-state index in [-0.39, 0.29) is 5.91 Å². The Labute approximate surface area is 213 Å². The minimum Gasteiger partial charge on any atom is -0.492 e. The lowest BCUT2D eigenvalue weighted by atomic mass is 10.1. The number of hydrogen-bond donors (Lipinski definition) is 1. The molecule has 0 heterocycles. The number of nitrogens with one attached hydrogen (secondary N) is 1. The third-order valence-corrected chi connectivity index (χ3v) is 5.66. The van der Waals surface area contributed by atoms with Gasteiger partial charge in [0, 0.05) is 10.9 Å². The highest BCUT2D eigenvalue weighted by Crippen LogP contribution is 2.28. The van der Waals surface area contributed by atoms with E-state index in [0.29, 0.717) is 42.6 Å². The second kappa shape index (κ2) is 12.6. The van der Waals surface area contributed by atoms with E-state index in [1.165, 1.54) is 5.56 Å². The first kappa shape index (κ1) is 24.4. The Kier molecular flexibility index (Phi) is 8.79. The van der Waals surface area contributed by atoms with Crippen LogP contribution < -0.4 is 19.5 Å². The van der Waals surface area contributed by atoms with Crippen molar-refractivity contribution in [2.75, 3.05) is 25.1 Å². The quantitative estimate of drug-likeness (QED) is 0.217. The van der Waals surface area contributed by atoms with Gasteiger partial charge in [0.15, 0.2) is 0 Å². The molecule has 0 unspecified atom stereocenters. The van der Waals surface area contributed by atoms with Gasteiger partial charge in [-0.05, 0) is 48.0 Å². The van der Waals surface area contributed by atoms with Crippen LogP contribution in [0.5, 0.6) is 17.2 Å². The second-order valence-corrected chi connectivity index (χ2v) is 8.60. The summed E-state index contributed by atoms with van der Waals surface area (Å²) in [5.74, 6) is 1.60. The van der Waals surface area contributed by atoms with Crippen LogP contribution in [0.3, 0.4) is 0 Å². The van der Waals surface area contributed by atoms with E-state index < -0.39 is 0 Å². The maximum absolute atomic E-state index is 13.2. The molecule has 0 aliphatic rings. The van der Waals surface area contributed by atoms with Crippen LogP contribution in [0.4, 0.5) is 5.69 Å². The van der Waals surface area contributed by atoms with Gasteiger partial charge in [-0.15, -0.1) is 0 Å². The van der Waals surface area contributed by atoms with Gasteiger partial charge in [-0.2, -0.15) is 0 Å². The van der Waals surface area contributed by atoms with E-state index >= 15 is 0 Å². The van der Waals surface area contributed by atoms with Crippen molar-refractivity contribution in [3.63, 3.8) is 0 Å². The molecule has 178 valence electrons. The standard InChI is InChI=1S/C29H26BrNO4/c30-23-15-16-27(34-18-17-22-9-3-1-4-10-22)25(21-23)29(32)31-26-13-7-8-14-28(26)35-20-19-33-24-11-5-2-6-12-24/h1-16,21H,17-20H2,(H,31,32). The van der Waals surface area contributed by atoms with Crippen molar-refractivity contribution >= 4 is 27.5 Å². The van der Waals surface area contributed by atoms with Gasteiger partial charge < -0.3 is 19.5 Å². The molecule has 1 amide bonds. The number of hydrogen-bond acceptors (Lipinski definition) is 4. The predicted octanol–water partition coefficient (Wildman–Crippen LogP) is 6.78. The molecule has 0 radical (unpaired) electrons. The molecule has 0 aliphatic heterocycles. The van der Waals surface area contributed by atoms with Gasteiger partial charge >= 0.3 is 0 Å². The lowest BCUT2D eigenvalue weighted by Gasteiger charge is -2.15.